The number of carbonyl (C=O) groups excluding carboxylic acids is 2. The number of halogens is 2. The molecule has 1 aliphatic rings. The number of ether oxygens (including phenoxy) is 1. The molecule has 0 spiro atoms. The van der Waals surface area contributed by atoms with Gasteiger partial charge in [0.15, 0.2) is 0 Å². The predicted molar refractivity (Wildman–Crippen MR) is 58.1 cm³/mol. The first-order valence-electron chi connectivity index (χ1n) is 5.46. The van der Waals surface area contributed by atoms with E-state index in [9.17, 15) is 18.4 Å². The van der Waals surface area contributed by atoms with Gasteiger partial charge in [-0.2, -0.15) is 0 Å². The summed E-state index contributed by atoms with van der Waals surface area (Å²) in [6.07, 6.45) is 0. The zero-order chi connectivity index (χ0) is 13.1. The molecule has 0 N–H and O–H groups in total. The highest BCUT2D eigenvalue weighted by molar-refractivity contribution is 6.42. The Morgan fingerprint density at radius 3 is 2.50 bits per heavy atom. The Bertz CT molecular complexity index is 484. The Balaban J connectivity index is 2.19. The SMILES string of the molecule is O=C(C(=O)N1CCOCC1)c1cc(F)ccc1F. The van der Waals surface area contributed by atoms with Crippen LogP contribution >= 0.6 is 0 Å². The maximum atomic E-state index is 13.4. The van der Waals surface area contributed by atoms with Gasteiger partial charge in [-0.05, 0) is 18.2 Å². The molecule has 1 fully saturated rings. The molecule has 1 saturated heterocycles. The van der Waals surface area contributed by atoms with Crippen molar-refractivity contribution in [3.63, 3.8) is 0 Å². The fourth-order valence-electron chi connectivity index (χ4n) is 1.70. The Kier molecular flexibility index (Phi) is 3.66. The van der Waals surface area contributed by atoms with Crippen LogP contribution in [0.3, 0.4) is 0 Å². The van der Waals surface area contributed by atoms with Gasteiger partial charge in [-0.3, -0.25) is 9.59 Å². The van der Waals surface area contributed by atoms with Crippen LogP contribution in [0.2, 0.25) is 0 Å². The molecule has 0 saturated carbocycles. The number of Topliss-reactive ketones (excluding diaryl/α,β-unsaturated/α-hetero) is 1. The van der Waals surface area contributed by atoms with Crippen LogP contribution in [-0.2, 0) is 9.53 Å². The summed E-state index contributed by atoms with van der Waals surface area (Å²) in [4.78, 5) is 24.8. The van der Waals surface area contributed by atoms with Gasteiger partial charge in [0.2, 0.25) is 0 Å². The Hall–Kier alpha value is -1.82. The third kappa shape index (κ3) is 2.53. The first-order valence-corrected chi connectivity index (χ1v) is 5.46. The topological polar surface area (TPSA) is 46.6 Å². The number of nitrogens with zero attached hydrogens (tertiary/aromatic N) is 1. The van der Waals surface area contributed by atoms with Crippen molar-refractivity contribution in [1.29, 1.82) is 0 Å². The molecule has 2 rings (SSSR count). The van der Waals surface area contributed by atoms with E-state index in [4.69, 9.17) is 4.74 Å². The van der Waals surface area contributed by atoms with Crippen molar-refractivity contribution in [1.82, 2.24) is 4.90 Å². The van der Waals surface area contributed by atoms with E-state index in [1.54, 1.807) is 0 Å². The maximum absolute atomic E-state index is 13.4. The lowest BCUT2D eigenvalue weighted by molar-refractivity contribution is -0.130. The van der Waals surface area contributed by atoms with Gasteiger partial charge in [0, 0.05) is 13.1 Å². The van der Waals surface area contributed by atoms with Gasteiger partial charge in [0.05, 0.1) is 18.8 Å². The van der Waals surface area contributed by atoms with Gasteiger partial charge in [0.25, 0.3) is 11.7 Å². The van der Waals surface area contributed by atoms with E-state index in [1.165, 1.54) is 4.90 Å². The molecular formula is C12H11F2NO3. The first kappa shape index (κ1) is 12.6. The lowest BCUT2D eigenvalue weighted by Crippen LogP contribution is -2.44. The van der Waals surface area contributed by atoms with Crippen molar-refractivity contribution in [2.45, 2.75) is 0 Å². The minimum atomic E-state index is -1.03. The van der Waals surface area contributed by atoms with E-state index < -0.39 is 28.9 Å². The number of benzene rings is 1. The third-order valence-corrected chi connectivity index (χ3v) is 2.67. The predicted octanol–water partition coefficient (Wildman–Crippen LogP) is 1.01. The zero-order valence-corrected chi connectivity index (χ0v) is 9.49. The molecular weight excluding hydrogens is 244 g/mol. The Morgan fingerprint density at radius 1 is 1.17 bits per heavy atom. The standard InChI is InChI=1S/C12H11F2NO3/c13-8-1-2-10(14)9(7-8)11(16)12(17)15-3-5-18-6-4-15/h1-2,7H,3-6H2. The van der Waals surface area contributed by atoms with Gasteiger partial charge in [0.1, 0.15) is 11.6 Å². The molecule has 1 aromatic carbocycles. The fourth-order valence-corrected chi connectivity index (χ4v) is 1.70. The number of ketones is 1. The summed E-state index contributed by atoms with van der Waals surface area (Å²) in [5, 5.41) is 0. The fraction of sp³-hybridized carbons (Fsp3) is 0.333. The molecule has 0 radical (unpaired) electrons. The highest BCUT2D eigenvalue weighted by atomic mass is 19.1. The van der Waals surface area contributed by atoms with Crippen molar-refractivity contribution in [2.24, 2.45) is 0 Å². The Labute approximate surface area is 102 Å². The van der Waals surface area contributed by atoms with E-state index in [0.717, 1.165) is 18.2 Å². The molecule has 6 heteroatoms. The summed E-state index contributed by atoms with van der Waals surface area (Å²) in [5.41, 5.74) is -0.536. The largest absolute Gasteiger partial charge is 0.378 e. The minimum Gasteiger partial charge on any atom is -0.378 e. The van der Waals surface area contributed by atoms with E-state index in [2.05, 4.69) is 0 Å². The molecule has 0 bridgehead atoms. The lowest BCUT2D eigenvalue weighted by atomic mass is 10.1. The molecule has 0 aliphatic carbocycles. The van der Waals surface area contributed by atoms with Crippen molar-refractivity contribution in [2.75, 3.05) is 26.3 Å². The molecule has 0 aromatic heterocycles. The van der Waals surface area contributed by atoms with Crippen LogP contribution in [0.1, 0.15) is 10.4 Å². The number of amides is 1. The lowest BCUT2D eigenvalue weighted by Gasteiger charge is -2.26. The number of carbonyl (C=O) groups is 2. The van der Waals surface area contributed by atoms with E-state index in [0.29, 0.717) is 13.2 Å². The quantitative estimate of drug-likeness (QED) is 0.585. The van der Waals surface area contributed by atoms with Crippen molar-refractivity contribution in [3.05, 3.63) is 35.4 Å². The van der Waals surface area contributed by atoms with Gasteiger partial charge >= 0.3 is 0 Å². The summed E-state index contributed by atoms with van der Waals surface area (Å²) in [7, 11) is 0. The number of rotatable bonds is 2. The molecule has 1 heterocycles. The molecule has 0 atom stereocenters. The van der Waals surface area contributed by atoms with E-state index >= 15 is 0 Å². The van der Waals surface area contributed by atoms with E-state index in [1.807, 2.05) is 0 Å². The monoisotopic (exact) mass is 255 g/mol. The third-order valence-electron chi connectivity index (χ3n) is 2.67. The number of morpholine rings is 1. The molecule has 18 heavy (non-hydrogen) atoms. The van der Waals surface area contributed by atoms with Crippen LogP contribution in [0, 0.1) is 11.6 Å². The molecule has 1 aliphatic heterocycles. The average molecular weight is 255 g/mol. The minimum absolute atomic E-state index is 0.279. The molecule has 1 amide bonds. The highest BCUT2D eigenvalue weighted by Crippen LogP contribution is 2.12. The molecule has 96 valence electrons. The van der Waals surface area contributed by atoms with Crippen molar-refractivity contribution >= 4 is 11.7 Å². The van der Waals surface area contributed by atoms with Crippen LogP contribution in [0.15, 0.2) is 18.2 Å². The number of hydrogen-bond donors (Lipinski definition) is 0. The van der Waals surface area contributed by atoms with Crippen molar-refractivity contribution in [3.8, 4) is 0 Å². The van der Waals surface area contributed by atoms with Crippen LogP contribution in [0.4, 0.5) is 8.78 Å². The molecule has 1 aromatic rings. The van der Waals surface area contributed by atoms with Gasteiger partial charge in [-0.15, -0.1) is 0 Å². The highest BCUT2D eigenvalue weighted by Gasteiger charge is 2.27. The molecule has 0 unspecified atom stereocenters. The summed E-state index contributed by atoms with van der Waals surface area (Å²) in [6, 6.07) is 2.45. The average Bonchev–Trinajstić information content (AvgIpc) is 2.41. The van der Waals surface area contributed by atoms with Crippen LogP contribution < -0.4 is 0 Å². The summed E-state index contributed by atoms with van der Waals surface area (Å²) in [5.74, 6) is -3.52. The second-order valence-electron chi connectivity index (χ2n) is 3.86. The zero-order valence-electron chi connectivity index (χ0n) is 9.49. The van der Waals surface area contributed by atoms with Crippen molar-refractivity contribution < 1.29 is 23.1 Å². The Morgan fingerprint density at radius 2 is 1.83 bits per heavy atom. The summed E-state index contributed by atoms with van der Waals surface area (Å²) >= 11 is 0. The van der Waals surface area contributed by atoms with Crippen LogP contribution in [0.25, 0.3) is 0 Å². The van der Waals surface area contributed by atoms with Crippen LogP contribution in [0.5, 0.6) is 0 Å². The van der Waals surface area contributed by atoms with Gasteiger partial charge in [-0.1, -0.05) is 0 Å². The first-order chi connectivity index (χ1) is 8.59. The number of hydrogen-bond acceptors (Lipinski definition) is 3. The second kappa shape index (κ2) is 5.22. The maximum Gasteiger partial charge on any atom is 0.295 e. The normalized spacial score (nSPS) is 15.6. The van der Waals surface area contributed by atoms with Gasteiger partial charge in [-0.25, -0.2) is 8.78 Å². The molecule has 4 nitrogen and oxygen atoms in total. The van der Waals surface area contributed by atoms with Gasteiger partial charge < -0.3 is 9.64 Å². The van der Waals surface area contributed by atoms with E-state index in [-0.39, 0.29) is 13.1 Å². The summed E-state index contributed by atoms with van der Waals surface area (Å²) in [6.45, 7) is 1.23. The second-order valence-corrected chi connectivity index (χ2v) is 3.86. The smallest absolute Gasteiger partial charge is 0.295 e. The summed E-state index contributed by atoms with van der Waals surface area (Å²) < 4.78 is 31.4. The van der Waals surface area contributed by atoms with Crippen LogP contribution in [-0.4, -0.2) is 42.9 Å².